The van der Waals surface area contributed by atoms with E-state index in [9.17, 15) is 44.4 Å². The molecule has 21 nitrogen and oxygen atoms in total. The van der Waals surface area contributed by atoms with Crippen molar-refractivity contribution in [3.05, 3.63) is 89.0 Å². The summed E-state index contributed by atoms with van der Waals surface area (Å²) < 4.78 is 45.1. The van der Waals surface area contributed by atoms with E-state index in [0.29, 0.717) is 74.6 Å². The van der Waals surface area contributed by atoms with E-state index in [-0.39, 0.29) is 77.2 Å². The maximum atomic E-state index is 14.1. The number of hydrogen-bond acceptors (Lipinski definition) is 17. The first-order chi connectivity index (χ1) is 33.6. The Morgan fingerprint density at radius 1 is 0.771 bits per heavy atom. The average Bonchev–Trinajstić information content (AvgIpc) is 3.87. The molecule has 372 valence electrons. The molecule has 3 aromatic rings. The number of rotatable bonds is 16. The van der Waals surface area contributed by atoms with E-state index in [1.54, 1.807) is 34.2 Å². The van der Waals surface area contributed by atoms with Gasteiger partial charge in [0.2, 0.25) is 6.29 Å². The molecule has 0 aromatic heterocycles. The lowest BCUT2D eigenvalue weighted by atomic mass is 9.99. The van der Waals surface area contributed by atoms with Gasteiger partial charge in [-0.1, -0.05) is 30.4 Å². The van der Waals surface area contributed by atoms with Crippen LogP contribution < -0.4 is 28.6 Å². The number of hydrogen-bond donors (Lipinski definition) is 4. The highest BCUT2D eigenvalue weighted by Crippen LogP contribution is 2.42. The summed E-state index contributed by atoms with van der Waals surface area (Å²) in [5.74, 6) is -1.80. The van der Waals surface area contributed by atoms with Crippen LogP contribution in [0.2, 0.25) is 0 Å². The van der Waals surface area contributed by atoms with Crippen molar-refractivity contribution in [1.29, 1.82) is 0 Å². The summed E-state index contributed by atoms with van der Waals surface area (Å²) in [4.78, 5) is 75.5. The molecule has 3 fully saturated rings. The predicted octanol–water partition coefficient (Wildman–Crippen LogP) is 3.80. The number of aliphatic imine (C=N–C) groups is 1. The van der Waals surface area contributed by atoms with Gasteiger partial charge in [0.15, 0.2) is 29.1 Å². The summed E-state index contributed by atoms with van der Waals surface area (Å²) in [6, 6.07) is 9.92. The van der Waals surface area contributed by atoms with E-state index in [2.05, 4.69) is 18.2 Å². The van der Waals surface area contributed by atoms with Crippen molar-refractivity contribution >= 4 is 47.4 Å². The summed E-state index contributed by atoms with van der Waals surface area (Å²) in [5.41, 5.74) is 3.20. The molecule has 21 heteroatoms. The first-order valence-electron chi connectivity index (χ1n) is 22.5. The Hall–Kier alpha value is -7.20. The maximum Gasteiger partial charge on any atom is 0.414 e. The van der Waals surface area contributed by atoms with Gasteiger partial charge in [-0.15, -0.1) is 0 Å². The van der Waals surface area contributed by atoms with Gasteiger partial charge in [0.1, 0.15) is 36.2 Å². The number of carboxylic acid groups (broad SMARTS) is 1. The van der Waals surface area contributed by atoms with E-state index < -0.39 is 54.8 Å². The summed E-state index contributed by atoms with van der Waals surface area (Å²) in [5, 5.41) is 40.3. The first kappa shape index (κ1) is 49.2. The van der Waals surface area contributed by atoms with Gasteiger partial charge in [-0.25, -0.2) is 14.4 Å². The zero-order valence-electron chi connectivity index (χ0n) is 38.7. The van der Waals surface area contributed by atoms with E-state index in [1.807, 2.05) is 0 Å². The Labute approximate surface area is 402 Å². The monoisotopic (exact) mass is 970 g/mol. The van der Waals surface area contributed by atoms with Crippen LogP contribution >= 0.6 is 0 Å². The van der Waals surface area contributed by atoms with Crippen LogP contribution in [0.25, 0.3) is 0 Å². The summed E-state index contributed by atoms with van der Waals surface area (Å²) in [7, 11) is 4.06. The third-order valence-corrected chi connectivity index (χ3v) is 12.7. The summed E-state index contributed by atoms with van der Waals surface area (Å²) >= 11 is 0. The van der Waals surface area contributed by atoms with Crippen LogP contribution in [-0.4, -0.2) is 163 Å². The maximum absolute atomic E-state index is 14.1. The van der Waals surface area contributed by atoms with Crippen molar-refractivity contribution in [1.82, 2.24) is 9.80 Å². The molecular formula is C49H54N4O17. The molecule has 5 aliphatic rings. The average molecular weight is 971 g/mol. The molecule has 0 aliphatic carbocycles. The van der Waals surface area contributed by atoms with Crippen LogP contribution in [0.1, 0.15) is 68.7 Å². The fraction of sp³-hybridized carbons (Fsp3) is 0.429. The highest BCUT2D eigenvalue weighted by atomic mass is 16.7. The normalized spacial score (nSPS) is 23.6. The quantitative estimate of drug-likeness (QED) is 0.0904. The van der Waals surface area contributed by atoms with Gasteiger partial charge in [-0.3, -0.25) is 19.5 Å². The zero-order chi connectivity index (χ0) is 50.0. The number of aliphatic carboxylic acids is 1. The molecule has 5 aliphatic heterocycles. The van der Waals surface area contributed by atoms with Crippen molar-refractivity contribution in [3.8, 4) is 28.7 Å². The number of carbonyl (C=O) groups excluding carboxylic acids is 4. The fourth-order valence-corrected chi connectivity index (χ4v) is 9.02. The van der Waals surface area contributed by atoms with Crippen molar-refractivity contribution in [2.75, 3.05) is 59.1 Å². The Kier molecular flexibility index (Phi) is 14.6. The van der Waals surface area contributed by atoms with Crippen molar-refractivity contribution in [2.45, 2.75) is 81.5 Å². The number of unbranched alkanes of at least 4 members (excludes halogenated alkanes) is 2. The number of fused-ring (bicyclic) bond motifs is 4. The third-order valence-electron chi connectivity index (χ3n) is 12.7. The molecule has 5 heterocycles. The molecule has 0 unspecified atom stereocenters. The first-order valence-corrected chi connectivity index (χ1v) is 22.5. The number of methoxy groups -OCH3 is 3. The number of carbonyl (C=O) groups is 5. The Morgan fingerprint density at radius 3 is 2.11 bits per heavy atom. The number of anilines is 1. The van der Waals surface area contributed by atoms with Crippen molar-refractivity contribution in [3.63, 3.8) is 0 Å². The molecule has 0 bridgehead atoms. The van der Waals surface area contributed by atoms with E-state index >= 15 is 0 Å². The second-order valence-corrected chi connectivity index (χ2v) is 17.4. The smallest absolute Gasteiger partial charge is 0.414 e. The van der Waals surface area contributed by atoms with Gasteiger partial charge in [0.25, 0.3) is 11.8 Å². The van der Waals surface area contributed by atoms with Gasteiger partial charge < -0.3 is 68.1 Å². The largest absolute Gasteiger partial charge is 0.493 e. The number of aliphatic hydroxyl groups is 3. The molecule has 0 saturated carbocycles. The molecule has 3 amide bonds. The molecule has 7 atom stereocenters. The lowest BCUT2D eigenvalue weighted by Gasteiger charge is -2.38. The number of benzene rings is 3. The Balaban J connectivity index is 0.926. The molecule has 70 heavy (non-hydrogen) atoms. The molecule has 0 spiro atoms. The van der Waals surface area contributed by atoms with Crippen LogP contribution in [0.4, 0.5) is 16.2 Å². The van der Waals surface area contributed by atoms with Crippen molar-refractivity contribution in [2.24, 2.45) is 4.99 Å². The van der Waals surface area contributed by atoms with Gasteiger partial charge >= 0.3 is 18.0 Å². The van der Waals surface area contributed by atoms with E-state index in [0.717, 1.165) is 18.3 Å². The van der Waals surface area contributed by atoms with E-state index in [4.69, 9.17) is 37.9 Å². The molecule has 8 rings (SSSR count). The number of aliphatic hydroxyl groups excluding tert-OH is 3. The van der Waals surface area contributed by atoms with Gasteiger partial charge in [-0.2, -0.15) is 0 Å². The molecule has 3 aromatic carbocycles. The lowest BCUT2D eigenvalue weighted by Crippen LogP contribution is -2.61. The van der Waals surface area contributed by atoms with Gasteiger partial charge in [0, 0.05) is 31.4 Å². The minimum atomic E-state index is -1.96. The Morgan fingerprint density at radius 2 is 1.43 bits per heavy atom. The highest BCUT2D eigenvalue weighted by Gasteiger charge is 2.48. The standard InChI is InChI=1S/C49H54N4O17/c1-25-13-28-20-50-33-18-38(36(63-3)16-30(33)44(57)51(28)21-25)66-11-7-6-8-12-67-39-19-34-31(17-37(39)64-4)45(58)52-22-26(2)14-29(52)23-53(34)49(62)68-24-27-9-10-35(32(15-27)47(61)65-5)69-48-42(56)40(54)41(55)43(70-48)46(59)60/h9-10,15-20,28-29,40-43,48,54-56H,1-2,6-8,11-14,21-24H2,3-5H3,(H,59,60)/t28-,29-,40-,41-,42+,43-,48+/m0/s1. The number of ether oxygens (including phenoxy) is 8. The number of esters is 1. The highest BCUT2D eigenvalue weighted by molar-refractivity contribution is 6.06. The number of amides is 3. The second kappa shape index (κ2) is 20.8. The van der Waals surface area contributed by atoms with Crippen LogP contribution in [0, 0.1) is 0 Å². The van der Waals surface area contributed by atoms with Crippen LogP contribution in [0.3, 0.4) is 0 Å². The number of nitrogens with zero attached hydrogens (tertiary/aromatic N) is 4. The fourth-order valence-electron chi connectivity index (χ4n) is 9.02. The van der Waals surface area contributed by atoms with Crippen LogP contribution in [0.5, 0.6) is 28.7 Å². The Bertz CT molecular complexity index is 2620. The van der Waals surface area contributed by atoms with Crippen LogP contribution in [-0.2, 0) is 25.6 Å². The predicted molar refractivity (Wildman–Crippen MR) is 246 cm³/mol. The zero-order valence-corrected chi connectivity index (χ0v) is 38.7. The van der Waals surface area contributed by atoms with Gasteiger partial charge in [0.05, 0.1) is 75.7 Å². The molecule has 4 N–H and O–H groups in total. The van der Waals surface area contributed by atoms with E-state index in [1.165, 1.54) is 43.4 Å². The molecule has 0 radical (unpaired) electrons. The van der Waals surface area contributed by atoms with Gasteiger partial charge in [-0.05, 0) is 61.9 Å². The summed E-state index contributed by atoms with van der Waals surface area (Å²) in [6.07, 6.45) is -5.56. The minimum absolute atomic E-state index is 0.0525. The summed E-state index contributed by atoms with van der Waals surface area (Å²) in [6.45, 7) is 9.16. The lowest BCUT2D eigenvalue weighted by molar-refractivity contribution is -0.271. The minimum Gasteiger partial charge on any atom is -0.493 e. The SMILES string of the molecule is C=C1C[C@H]2CN(C(=O)OCc3ccc(O[C@@H]4O[C@H](C(=O)O)[C@@H](O)[C@H](O)[C@H]4O)c(C(=O)OC)c3)c3cc(OCCCCCOc4cc5c(cc4OC)C(=O)N4CC(=C)C[C@H]4C=N5)c(OC)cc3C(=O)N2C1. The topological polar surface area (TPSA) is 262 Å². The third kappa shape index (κ3) is 9.95. The molecular weight excluding hydrogens is 917 g/mol. The van der Waals surface area contributed by atoms with Crippen molar-refractivity contribution < 1.29 is 82.3 Å². The number of carboxylic acids is 1. The molecule has 3 saturated heterocycles. The second-order valence-electron chi connectivity index (χ2n) is 17.4. The van der Waals surface area contributed by atoms with Crippen LogP contribution in [0.15, 0.2) is 71.8 Å².